The molecule has 0 saturated heterocycles. The van der Waals surface area contributed by atoms with Crippen LogP contribution in [0.5, 0.6) is 0 Å². The molecule has 5 nitrogen and oxygen atoms in total. The molecule has 3 N–H and O–H groups in total. The highest BCUT2D eigenvalue weighted by Gasteiger charge is 2.10. The van der Waals surface area contributed by atoms with Gasteiger partial charge in [0.05, 0.1) is 5.69 Å². The highest BCUT2D eigenvalue weighted by molar-refractivity contribution is 5.52. The second-order valence-corrected chi connectivity index (χ2v) is 5.05. The van der Waals surface area contributed by atoms with Crippen molar-refractivity contribution in [1.29, 1.82) is 0 Å². The number of nitrogens with zero attached hydrogens (tertiary/aromatic N) is 2. The summed E-state index contributed by atoms with van der Waals surface area (Å²) in [6.45, 7) is 0. The van der Waals surface area contributed by atoms with E-state index in [9.17, 15) is 4.79 Å². The van der Waals surface area contributed by atoms with Gasteiger partial charge in [-0.15, -0.1) is 0 Å². The highest BCUT2D eigenvalue weighted by atomic mass is 16.1. The predicted octanol–water partition coefficient (Wildman–Crippen LogP) is 2.07. The normalized spacial score (nSPS) is 12.0. The Kier molecular flexibility index (Phi) is 4.07. The number of aromatic amines is 1. The van der Waals surface area contributed by atoms with E-state index in [1.54, 1.807) is 18.5 Å². The van der Waals surface area contributed by atoms with Gasteiger partial charge in [0.25, 0.3) is 5.56 Å². The van der Waals surface area contributed by atoms with Crippen molar-refractivity contribution in [2.24, 2.45) is 5.73 Å². The molecule has 2 aromatic heterocycles. The number of pyridine rings is 1. The Hall–Kier alpha value is -2.79. The van der Waals surface area contributed by atoms with Crippen molar-refractivity contribution in [3.63, 3.8) is 0 Å². The van der Waals surface area contributed by atoms with Gasteiger partial charge in [0.2, 0.25) is 0 Å². The van der Waals surface area contributed by atoms with E-state index in [-0.39, 0.29) is 11.6 Å². The van der Waals surface area contributed by atoms with E-state index in [1.165, 1.54) is 6.07 Å². The Morgan fingerprint density at radius 1 is 1.14 bits per heavy atom. The zero-order valence-corrected chi connectivity index (χ0v) is 11.9. The van der Waals surface area contributed by atoms with Crippen molar-refractivity contribution in [1.82, 2.24) is 15.0 Å². The summed E-state index contributed by atoms with van der Waals surface area (Å²) in [6, 6.07) is 14.7. The topological polar surface area (TPSA) is 84.7 Å². The van der Waals surface area contributed by atoms with Crippen molar-refractivity contribution in [3.8, 4) is 11.4 Å². The quantitative estimate of drug-likeness (QED) is 0.771. The fraction of sp³-hybridized carbons (Fsp3) is 0.118. The van der Waals surface area contributed by atoms with Gasteiger partial charge in [-0.25, -0.2) is 4.98 Å². The molecule has 0 saturated carbocycles. The van der Waals surface area contributed by atoms with E-state index >= 15 is 0 Å². The molecule has 0 bridgehead atoms. The van der Waals surface area contributed by atoms with Gasteiger partial charge in [-0.1, -0.05) is 30.3 Å². The fourth-order valence-electron chi connectivity index (χ4n) is 2.30. The van der Waals surface area contributed by atoms with Crippen LogP contribution in [0, 0.1) is 0 Å². The Morgan fingerprint density at radius 3 is 2.68 bits per heavy atom. The van der Waals surface area contributed by atoms with Crippen molar-refractivity contribution < 1.29 is 0 Å². The minimum Gasteiger partial charge on any atom is -0.324 e. The third-order valence-corrected chi connectivity index (χ3v) is 3.39. The number of rotatable bonds is 4. The van der Waals surface area contributed by atoms with E-state index in [0.717, 1.165) is 11.1 Å². The molecular formula is C17H16N4O. The van der Waals surface area contributed by atoms with E-state index in [2.05, 4.69) is 15.0 Å². The van der Waals surface area contributed by atoms with Crippen LogP contribution in [0.1, 0.15) is 17.3 Å². The number of hydrogen-bond donors (Lipinski definition) is 2. The monoisotopic (exact) mass is 292 g/mol. The van der Waals surface area contributed by atoms with Crippen LogP contribution in [-0.2, 0) is 6.42 Å². The average molecular weight is 292 g/mol. The molecule has 0 unspecified atom stereocenters. The summed E-state index contributed by atoms with van der Waals surface area (Å²) in [5, 5.41) is 0. The summed E-state index contributed by atoms with van der Waals surface area (Å²) in [7, 11) is 0. The number of benzene rings is 1. The molecule has 0 aliphatic carbocycles. The van der Waals surface area contributed by atoms with Crippen LogP contribution < -0.4 is 11.3 Å². The van der Waals surface area contributed by atoms with Crippen LogP contribution in [0.15, 0.2) is 65.7 Å². The number of nitrogens with two attached hydrogens (primary N) is 1. The molecule has 0 aliphatic heterocycles. The molecule has 0 aliphatic rings. The molecule has 0 fully saturated rings. The molecule has 3 aromatic rings. The first kappa shape index (κ1) is 14.2. The largest absolute Gasteiger partial charge is 0.324 e. The molecule has 110 valence electrons. The van der Waals surface area contributed by atoms with Crippen molar-refractivity contribution in [2.75, 3.05) is 0 Å². The fourth-order valence-corrected chi connectivity index (χ4v) is 2.30. The molecule has 5 heteroatoms. The van der Waals surface area contributed by atoms with Crippen LogP contribution in [0.3, 0.4) is 0 Å². The predicted molar refractivity (Wildman–Crippen MR) is 85.2 cm³/mol. The summed E-state index contributed by atoms with van der Waals surface area (Å²) in [5.74, 6) is 0.510. The lowest BCUT2D eigenvalue weighted by Crippen LogP contribution is -2.17. The molecular weight excluding hydrogens is 276 g/mol. The number of H-pyrrole nitrogens is 1. The van der Waals surface area contributed by atoms with Crippen molar-refractivity contribution in [2.45, 2.75) is 12.5 Å². The summed E-state index contributed by atoms with van der Waals surface area (Å²) in [6.07, 6.45) is 3.84. The first-order valence-electron chi connectivity index (χ1n) is 7.03. The van der Waals surface area contributed by atoms with Gasteiger partial charge in [-0.3, -0.25) is 9.78 Å². The zero-order chi connectivity index (χ0) is 15.4. The van der Waals surface area contributed by atoms with Crippen molar-refractivity contribution >= 4 is 0 Å². The van der Waals surface area contributed by atoms with Gasteiger partial charge in [-0.05, 0) is 17.7 Å². The first-order chi connectivity index (χ1) is 10.7. The Morgan fingerprint density at radius 2 is 1.95 bits per heavy atom. The first-order valence-corrected chi connectivity index (χ1v) is 7.03. The summed E-state index contributed by atoms with van der Waals surface area (Å²) >= 11 is 0. The van der Waals surface area contributed by atoms with Gasteiger partial charge in [0.15, 0.2) is 0 Å². The van der Waals surface area contributed by atoms with Crippen LogP contribution >= 0.6 is 0 Å². The van der Waals surface area contributed by atoms with E-state index in [1.807, 2.05) is 36.4 Å². The lowest BCUT2D eigenvalue weighted by Gasteiger charge is -2.12. The van der Waals surface area contributed by atoms with E-state index < -0.39 is 0 Å². The smallest absolute Gasteiger partial charge is 0.251 e. The second kappa shape index (κ2) is 6.32. The maximum Gasteiger partial charge on any atom is 0.251 e. The van der Waals surface area contributed by atoms with Gasteiger partial charge in [-0.2, -0.15) is 0 Å². The lowest BCUT2D eigenvalue weighted by molar-refractivity contribution is 0.704. The Bertz CT molecular complexity index is 800. The summed E-state index contributed by atoms with van der Waals surface area (Å²) < 4.78 is 0. The summed E-state index contributed by atoms with van der Waals surface area (Å²) in [4.78, 5) is 23.1. The summed E-state index contributed by atoms with van der Waals surface area (Å²) in [5.41, 5.74) is 8.47. The maximum absolute atomic E-state index is 11.8. The van der Waals surface area contributed by atoms with Gasteiger partial charge in [0, 0.05) is 36.5 Å². The third-order valence-electron chi connectivity index (χ3n) is 3.39. The van der Waals surface area contributed by atoms with E-state index in [0.29, 0.717) is 17.9 Å². The third kappa shape index (κ3) is 3.27. The molecule has 0 spiro atoms. The van der Waals surface area contributed by atoms with Gasteiger partial charge in [0.1, 0.15) is 5.82 Å². The van der Waals surface area contributed by atoms with Crippen LogP contribution in [-0.4, -0.2) is 15.0 Å². The average Bonchev–Trinajstić information content (AvgIpc) is 2.56. The minimum absolute atomic E-state index is 0.191. The molecule has 3 rings (SSSR count). The van der Waals surface area contributed by atoms with Crippen LogP contribution in [0.4, 0.5) is 0 Å². The maximum atomic E-state index is 11.8. The van der Waals surface area contributed by atoms with Gasteiger partial charge >= 0.3 is 0 Å². The second-order valence-electron chi connectivity index (χ2n) is 5.05. The molecule has 2 heterocycles. The standard InChI is InChI=1S/C17H16N4O/c18-15(12-5-2-1-3-6-12)9-14-10-16(22)21-17(20-14)13-7-4-8-19-11-13/h1-8,10-11,15H,9,18H2,(H,20,21,22)/t15-/m1/s1. The highest BCUT2D eigenvalue weighted by Crippen LogP contribution is 2.16. The van der Waals surface area contributed by atoms with Crippen molar-refractivity contribution in [3.05, 3.63) is 82.5 Å². The molecule has 0 radical (unpaired) electrons. The molecule has 1 atom stereocenters. The number of aromatic nitrogens is 3. The molecule has 1 aromatic carbocycles. The zero-order valence-electron chi connectivity index (χ0n) is 11.9. The number of hydrogen-bond acceptors (Lipinski definition) is 4. The lowest BCUT2D eigenvalue weighted by atomic mass is 10.0. The Labute approximate surface area is 127 Å². The van der Waals surface area contributed by atoms with Gasteiger partial charge < -0.3 is 10.7 Å². The molecule has 0 amide bonds. The molecule has 22 heavy (non-hydrogen) atoms. The minimum atomic E-state index is -0.197. The Balaban J connectivity index is 1.89. The van der Waals surface area contributed by atoms with Crippen LogP contribution in [0.2, 0.25) is 0 Å². The number of nitrogens with one attached hydrogen (secondary N) is 1. The van der Waals surface area contributed by atoms with Crippen LogP contribution in [0.25, 0.3) is 11.4 Å². The van der Waals surface area contributed by atoms with E-state index in [4.69, 9.17) is 5.73 Å². The SMILES string of the molecule is N[C@H](Cc1cc(=O)[nH]c(-c2cccnc2)n1)c1ccccc1.